The molecule has 1 aromatic carbocycles. The zero-order chi connectivity index (χ0) is 17.0. The van der Waals surface area contributed by atoms with E-state index >= 15 is 0 Å². The van der Waals surface area contributed by atoms with Crippen LogP contribution in [-0.2, 0) is 19.6 Å². The topological polar surface area (TPSA) is 81.7 Å². The highest BCUT2D eigenvalue weighted by Gasteiger charge is 2.28. The van der Waals surface area contributed by atoms with Gasteiger partial charge in [0.15, 0.2) is 0 Å². The molecule has 1 aliphatic rings. The van der Waals surface area contributed by atoms with Crippen molar-refractivity contribution in [3.8, 4) is 5.75 Å². The van der Waals surface area contributed by atoms with Gasteiger partial charge in [-0.25, -0.2) is 13.1 Å². The van der Waals surface area contributed by atoms with Crippen LogP contribution in [0.25, 0.3) is 0 Å². The van der Waals surface area contributed by atoms with E-state index in [2.05, 4.69) is 15.9 Å². The number of amides is 1. The molecule has 0 bridgehead atoms. The third-order valence-electron chi connectivity index (χ3n) is 3.38. The Morgan fingerprint density at radius 1 is 1.43 bits per heavy atom. The Bertz CT molecular complexity index is 672. The molecule has 23 heavy (non-hydrogen) atoms. The van der Waals surface area contributed by atoms with Gasteiger partial charge in [-0.1, -0.05) is 15.9 Å². The molecule has 6 nitrogen and oxygen atoms in total. The quantitative estimate of drug-likeness (QED) is 0.718. The lowest BCUT2D eigenvalue weighted by Crippen LogP contribution is -2.39. The molecule has 0 radical (unpaired) electrons. The van der Waals surface area contributed by atoms with Crippen molar-refractivity contribution in [2.24, 2.45) is 5.92 Å². The monoisotopic (exact) mass is 405 g/mol. The highest BCUT2D eigenvalue weighted by atomic mass is 79.9. The standard InChI is InChI=1S/C15H20BrNO5S/c1-3-21-13-7-6-12(16)8-14(13)23(19,20)17-15(18)10(2)22-9-11-4-5-11/h6-8,10-11H,3-5,9H2,1-2H3,(H,17,18). The number of carbonyl (C=O) groups excluding carboxylic acids is 1. The van der Waals surface area contributed by atoms with Gasteiger partial charge in [0.25, 0.3) is 15.9 Å². The average Bonchev–Trinajstić information content (AvgIpc) is 3.30. The summed E-state index contributed by atoms with van der Waals surface area (Å²) < 4.78 is 38.3. The van der Waals surface area contributed by atoms with Crippen molar-refractivity contribution < 1.29 is 22.7 Å². The van der Waals surface area contributed by atoms with Crippen LogP contribution in [-0.4, -0.2) is 33.6 Å². The van der Waals surface area contributed by atoms with Gasteiger partial charge < -0.3 is 9.47 Å². The van der Waals surface area contributed by atoms with E-state index in [1.807, 2.05) is 4.72 Å². The highest BCUT2D eigenvalue weighted by Crippen LogP contribution is 2.29. The molecule has 1 aliphatic carbocycles. The third kappa shape index (κ3) is 5.19. The Labute approximate surface area is 144 Å². The summed E-state index contributed by atoms with van der Waals surface area (Å²) in [5.74, 6) is 0.00659. The number of hydrogen-bond donors (Lipinski definition) is 1. The Hall–Kier alpha value is -1.12. The summed E-state index contributed by atoms with van der Waals surface area (Å²) in [5.41, 5.74) is 0. The molecule has 1 saturated carbocycles. The molecule has 1 amide bonds. The third-order valence-corrected chi connectivity index (χ3v) is 5.24. The van der Waals surface area contributed by atoms with E-state index in [-0.39, 0.29) is 10.6 Å². The van der Waals surface area contributed by atoms with Gasteiger partial charge in [0.1, 0.15) is 16.7 Å². The second kappa shape index (κ2) is 7.63. The minimum atomic E-state index is -4.04. The molecule has 0 heterocycles. The average molecular weight is 406 g/mol. The number of rotatable bonds is 8. The summed E-state index contributed by atoms with van der Waals surface area (Å²) >= 11 is 3.23. The maximum Gasteiger partial charge on any atom is 0.267 e. The number of benzene rings is 1. The second-order valence-electron chi connectivity index (χ2n) is 5.41. The van der Waals surface area contributed by atoms with Crippen LogP contribution in [0.4, 0.5) is 0 Å². The molecule has 1 atom stereocenters. The number of ether oxygens (including phenoxy) is 2. The number of halogens is 1. The molecule has 8 heteroatoms. The number of hydrogen-bond acceptors (Lipinski definition) is 5. The van der Waals surface area contributed by atoms with Crippen molar-refractivity contribution in [1.29, 1.82) is 0 Å². The lowest BCUT2D eigenvalue weighted by Gasteiger charge is -2.15. The minimum absolute atomic E-state index is 0.0866. The minimum Gasteiger partial charge on any atom is -0.492 e. The first kappa shape index (κ1) is 18.2. The van der Waals surface area contributed by atoms with E-state index in [0.29, 0.717) is 23.6 Å². The van der Waals surface area contributed by atoms with Gasteiger partial charge in [-0.15, -0.1) is 0 Å². The van der Waals surface area contributed by atoms with Gasteiger partial charge in [0, 0.05) is 4.47 Å². The Balaban J connectivity index is 2.10. The first-order valence-electron chi connectivity index (χ1n) is 7.44. The lowest BCUT2D eigenvalue weighted by molar-refractivity contribution is -0.130. The van der Waals surface area contributed by atoms with Crippen molar-refractivity contribution in [3.05, 3.63) is 22.7 Å². The first-order chi connectivity index (χ1) is 10.8. The van der Waals surface area contributed by atoms with Crippen molar-refractivity contribution in [2.75, 3.05) is 13.2 Å². The molecular weight excluding hydrogens is 386 g/mol. The zero-order valence-corrected chi connectivity index (χ0v) is 15.4. The van der Waals surface area contributed by atoms with E-state index in [0.717, 1.165) is 12.8 Å². The van der Waals surface area contributed by atoms with E-state index in [9.17, 15) is 13.2 Å². The van der Waals surface area contributed by atoms with Crippen molar-refractivity contribution in [3.63, 3.8) is 0 Å². The van der Waals surface area contributed by atoms with E-state index in [4.69, 9.17) is 9.47 Å². The largest absolute Gasteiger partial charge is 0.492 e. The van der Waals surface area contributed by atoms with Crippen LogP contribution in [0.2, 0.25) is 0 Å². The Kier molecular flexibility index (Phi) is 6.05. The van der Waals surface area contributed by atoms with Crippen LogP contribution >= 0.6 is 15.9 Å². The molecule has 1 unspecified atom stereocenters. The molecule has 0 spiro atoms. The van der Waals surface area contributed by atoms with Gasteiger partial charge in [0.2, 0.25) is 0 Å². The first-order valence-corrected chi connectivity index (χ1v) is 9.71. The van der Waals surface area contributed by atoms with Gasteiger partial charge in [-0.2, -0.15) is 0 Å². The molecule has 0 aromatic heterocycles. The van der Waals surface area contributed by atoms with Crippen LogP contribution in [0.5, 0.6) is 5.75 Å². The maximum atomic E-state index is 12.5. The summed E-state index contributed by atoms with van der Waals surface area (Å²) in [6.45, 7) is 4.09. The van der Waals surface area contributed by atoms with Crippen molar-refractivity contribution in [1.82, 2.24) is 4.72 Å². The SMILES string of the molecule is CCOc1ccc(Br)cc1S(=O)(=O)NC(=O)C(C)OCC1CC1. The summed E-state index contributed by atoms with van der Waals surface area (Å²) in [6, 6.07) is 4.61. The van der Waals surface area contributed by atoms with Gasteiger partial charge in [-0.05, 0) is 50.8 Å². The van der Waals surface area contributed by atoms with E-state index in [1.54, 1.807) is 19.1 Å². The maximum absolute atomic E-state index is 12.5. The molecule has 2 rings (SSSR count). The fourth-order valence-corrected chi connectivity index (χ4v) is 3.61. The smallest absolute Gasteiger partial charge is 0.267 e. The molecule has 1 aromatic rings. The predicted molar refractivity (Wildman–Crippen MR) is 88.8 cm³/mol. The zero-order valence-electron chi connectivity index (χ0n) is 13.0. The molecule has 128 valence electrons. The fraction of sp³-hybridized carbons (Fsp3) is 0.533. The Morgan fingerprint density at radius 2 is 2.13 bits per heavy atom. The molecule has 0 saturated heterocycles. The number of sulfonamides is 1. The van der Waals surface area contributed by atoms with Crippen LogP contribution < -0.4 is 9.46 Å². The summed E-state index contributed by atoms with van der Waals surface area (Å²) in [7, 11) is -4.04. The molecule has 1 fully saturated rings. The van der Waals surface area contributed by atoms with Gasteiger partial charge in [0.05, 0.1) is 13.2 Å². The van der Waals surface area contributed by atoms with Crippen LogP contribution in [0, 0.1) is 5.92 Å². The van der Waals surface area contributed by atoms with Crippen LogP contribution in [0.15, 0.2) is 27.6 Å². The summed E-state index contributed by atoms with van der Waals surface area (Å²) in [6.07, 6.45) is 1.37. The second-order valence-corrected chi connectivity index (χ2v) is 7.98. The normalized spacial score (nSPS) is 16.0. The van der Waals surface area contributed by atoms with Crippen LogP contribution in [0.1, 0.15) is 26.7 Å². The molecular formula is C15H20BrNO5S. The van der Waals surface area contributed by atoms with E-state index in [1.165, 1.54) is 13.0 Å². The fourth-order valence-electron chi connectivity index (χ4n) is 1.88. The van der Waals surface area contributed by atoms with Crippen molar-refractivity contribution in [2.45, 2.75) is 37.7 Å². The molecule has 0 aliphatic heterocycles. The molecule has 1 N–H and O–H groups in total. The Morgan fingerprint density at radius 3 is 2.74 bits per heavy atom. The lowest BCUT2D eigenvalue weighted by atomic mass is 10.3. The van der Waals surface area contributed by atoms with Gasteiger partial charge >= 0.3 is 0 Å². The van der Waals surface area contributed by atoms with E-state index < -0.39 is 22.0 Å². The van der Waals surface area contributed by atoms with Crippen LogP contribution in [0.3, 0.4) is 0 Å². The predicted octanol–water partition coefficient (Wildman–Crippen LogP) is 2.47. The van der Waals surface area contributed by atoms with Crippen molar-refractivity contribution >= 4 is 31.9 Å². The number of carbonyl (C=O) groups is 1. The number of nitrogens with one attached hydrogen (secondary N) is 1. The van der Waals surface area contributed by atoms with Gasteiger partial charge in [-0.3, -0.25) is 4.79 Å². The summed E-state index contributed by atoms with van der Waals surface area (Å²) in [4.78, 5) is 12.0. The summed E-state index contributed by atoms with van der Waals surface area (Å²) in [5, 5.41) is 0. The highest BCUT2D eigenvalue weighted by molar-refractivity contribution is 9.10.